The zero-order valence-electron chi connectivity index (χ0n) is 14.9. The molecule has 1 aromatic carbocycles. The Balaban J connectivity index is 1.51. The molecule has 3 rings (SSSR count). The second-order valence-corrected chi connectivity index (χ2v) is 6.98. The molecule has 2 aliphatic rings. The lowest BCUT2D eigenvalue weighted by atomic mass is 10.0. The van der Waals surface area contributed by atoms with Crippen LogP contribution in [0.4, 0.5) is 0 Å². The lowest BCUT2D eigenvalue weighted by Crippen LogP contribution is -2.52. The first-order chi connectivity index (χ1) is 12.0. The van der Waals surface area contributed by atoms with E-state index in [1.165, 1.54) is 0 Å². The second-order valence-electron chi connectivity index (χ2n) is 6.98. The minimum absolute atomic E-state index is 0.0328. The Bertz CT molecular complexity index is 680. The van der Waals surface area contributed by atoms with Gasteiger partial charge in [0, 0.05) is 46.2 Å². The molecule has 2 aliphatic heterocycles. The molecule has 2 heterocycles. The van der Waals surface area contributed by atoms with Crippen molar-refractivity contribution in [3.63, 3.8) is 0 Å². The van der Waals surface area contributed by atoms with Gasteiger partial charge in [-0.2, -0.15) is 0 Å². The second kappa shape index (κ2) is 7.25. The van der Waals surface area contributed by atoms with Gasteiger partial charge in [-0.25, -0.2) is 0 Å². The lowest BCUT2D eigenvalue weighted by Gasteiger charge is -2.36. The van der Waals surface area contributed by atoms with Gasteiger partial charge in [0.05, 0.1) is 12.3 Å². The fourth-order valence-electron chi connectivity index (χ4n) is 3.55. The van der Waals surface area contributed by atoms with E-state index in [0.29, 0.717) is 45.6 Å². The number of likely N-dealkylation sites (tertiary alicyclic amines) is 1. The summed E-state index contributed by atoms with van der Waals surface area (Å²) in [6.45, 7) is 4.74. The first-order valence-electron chi connectivity index (χ1n) is 8.80. The molecular formula is C19H25N3O3. The number of nitrogens with zero attached hydrogens (tertiary/aromatic N) is 3. The fraction of sp³-hybridized carbons (Fsp3) is 0.526. The molecule has 0 N–H and O–H groups in total. The van der Waals surface area contributed by atoms with E-state index in [4.69, 9.17) is 0 Å². The number of carbonyl (C=O) groups is 3. The number of benzene rings is 1. The van der Waals surface area contributed by atoms with Gasteiger partial charge >= 0.3 is 0 Å². The third kappa shape index (κ3) is 3.83. The highest BCUT2D eigenvalue weighted by molar-refractivity contribution is 5.89. The molecule has 3 amide bonds. The monoisotopic (exact) mass is 343 g/mol. The summed E-state index contributed by atoms with van der Waals surface area (Å²) in [6.07, 6.45) is 0.713. The predicted molar refractivity (Wildman–Crippen MR) is 93.8 cm³/mol. The largest absolute Gasteiger partial charge is 0.345 e. The highest BCUT2D eigenvalue weighted by atomic mass is 16.2. The fourth-order valence-corrected chi connectivity index (χ4v) is 3.55. The SMILES string of the molecule is Cc1ccccc1CC(=O)N1CCN(C(=O)C2CC(=O)N(C)C2)CC1. The number of carbonyl (C=O) groups excluding carboxylic acids is 3. The summed E-state index contributed by atoms with van der Waals surface area (Å²) in [4.78, 5) is 41.9. The average molecular weight is 343 g/mol. The van der Waals surface area contributed by atoms with E-state index in [1.807, 2.05) is 36.1 Å². The zero-order valence-corrected chi connectivity index (χ0v) is 14.9. The molecule has 2 fully saturated rings. The van der Waals surface area contributed by atoms with E-state index in [1.54, 1.807) is 16.8 Å². The van der Waals surface area contributed by atoms with Crippen LogP contribution in [0.5, 0.6) is 0 Å². The third-order valence-corrected chi connectivity index (χ3v) is 5.24. The van der Waals surface area contributed by atoms with Gasteiger partial charge in [0.1, 0.15) is 0 Å². The van der Waals surface area contributed by atoms with Crippen molar-refractivity contribution in [1.29, 1.82) is 0 Å². The maximum atomic E-state index is 12.5. The van der Waals surface area contributed by atoms with Crippen molar-refractivity contribution >= 4 is 17.7 Å². The van der Waals surface area contributed by atoms with Crippen molar-refractivity contribution in [3.05, 3.63) is 35.4 Å². The summed E-state index contributed by atoms with van der Waals surface area (Å²) in [5.41, 5.74) is 2.18. The predicted octanol–water partition coefficient (Wildman–Crippen LogP) is 0.687. The van der Waals surface area contributed by atoms with Crippen LogP contribution in [0.2, 0.25) is 0 Å². The van der Waals surface area contributed by atoms with Crippen molar-refractivity contribution in [2.75, 3.05) is 39.8 Å². The van der Waals surface area contributed by atoms with E-state index in [-0.39, 0.29) is 23.6 Å². The molecule has 1 unspecified atom stereocenters. The van der Waals surface area contributed by atoms with Gasteiger partial charge in [-0.05, 0) is 18.1 Å². The molecule has 0 aliphatic carbocycles. The smallest absolute Gasteiger partial charge is 0.228 e. The number of hydrogen-bond donors (Lipinski definition) is 0. The molecule has 1 aromatic rings. The number of rotatable bonds is 3. The van der Waals surface area contributed by atoms with Crippen LogP contribution in [-0.2, 0) is 20.8 Å². The Hall–Kier alpha value is -2.37. The quantitative estimate of drug-likeness (QED) is 0.811. The minimum atomic E-state index is -0.230. The van der Waals surface area contributed by atoms with Crippen molar-refractivity contribution in [3.8, 4) is 0 Å². The number of amides is 3. The van der Waals surface area contributed by atoms with Crippen LogP contribution in [0, 0.1) is 12.8 Å². The molecule has 6 nitrogen and oxygen atoms in total. The summed E-state index contributed by atoms with van der Waals surface area (Å²) in [5, 5.41) is 0. The highest BCUT2D eigenvalue weighted by Gasteiger charge is 2.36. The molecule has 6 heteroatoms. The summed E-state index contributed by atoms with van der Waals surface area (Å²) < 4.78 is 0. The van der Waals surface area contributed by atoms with Gasteiger partial charge in [0.15, 0.2) is 0 Å². The molecule has 0 saturated carbocycles. The van der Waals surface area contributed by atoms with E-state index < -0.39 is 0 Å². The van der Waals surface area contributed by atoms with E-state index in [2.05, 4.69) is 0 Å². The Labute approximate surface area is 148 Å². The van der Waals surface area contributed by atoms with Gasteiger partial charge in [-0.3, -0.25) is 14.4 Å². The molecule has 0 aromatic heterocycles. The zero-order chi connectivity index (χ0) is 18.0. The molecular weight excluding hydrogens is 318 g/mol. The Kier molecular flexibility index (Phi) is 5.06. The first kappa shape index (κ1) is 17.5. The van der Waals surface area contributed by atoms with Gasteiger partial charge in [0.2, 0.25) is 17.7 Å². The van der Waals surface area contributed by atoms with Crippen molar-refractivity contribution in [2.24, 2.45) is 5.92 Å². The van der Waals surface area contributed by atoms with Crippen molar-refractivity contribution < 1.29 is 14.4 Å². The van der Waals surface area contributed by atoms with Crippen LogP contribution in [0.3, 0.4) is 0 Å². The Morgan fingerprint density at radius 2 is 1.72 bits per heavy atom. The third-order valence-electron chi connectivity index (χ3n) is 5.24. The normalized spacial score (nSPS) is 21.0. The number of hydrogen-bond acceptors (Lipinski definition) is 3. The molecule has 0 spiro atoms. The van der Waals surface area contributed by atoms with E-state index in [9.17, 15) is 14.4 Å². The summed E-state index contributed by atoms with van der Waals surface area (Å²) in [7, 11) is 1.73. The van der Waals surface area contributed by atoms with Crippen molar-refractivity contribution in [2.45, 2.75) is 19.8 Å². The lowest BCUT2D eigenvalue weighted by molar-refractivity contribution is -0.141. The standard InChI is InChI=1S/C19H25N3O3/c1-14-5-3-4-6-15(14)11-18(24)21-7-9-22(10-8-21)19(25)16-12-17(23)20(2)13-16/h3-6,16H,7-13H2,1-2H3. The molecule has 134 valence electrons. The molecule has 1 atom stereocenters. The molecule has 2 saturated heterocycles. The van der Waals surface area contributed by atoms with Gasteiger partial charge < -0.3 is 14.7 Å². The summed E-state index contributed by atoms with van der Waals surface area (Å²) in [6, 6.07) is 7.92. The van der Waals surface area contributed by atoms with Crippen LogP contribution in [-0.4, -0.2) is 72.2 Å². The number of piperazine rings is 1. The highest BCUT2D eigenvalue weighted by Crippen LogP contribution is 2.20. The molecule has 25 heavy (non-hydrogen) atoms. The number of aryl methyl sites for hydroxylation is 1. The van der Waals surface area contributed by atoms with Gasteiger partial charge in [-0.15, -0.1) is 0 Å². The van der Waals surface area contributed by atoms with Crippen LogP contribution in [0.15, 0.2) is 24.3 Å². The Morgan fingerprint density at radius 1 is 1.08 bits per heavy atom. The van der Waals surface area contributed by atoms with Crippen LogP contribution in [0.1, 0.15) is 17.5 Å². The van der Waals surface area contributed by atoms with E-state index in [0.717, 1.165) is 11.1 Å². The molecule has 0 bridgehead atoms. The molecule has 0 radical (unpaired) electrons. The van der Waals surface area contributed by atoms with Crippen molar-refractivity contribution in [1.82, 2.24) is 14.7 Å². The summed E-state index contributed by atoms with van der Waals surface area (Å²) in [5.74, 6) is -0.0435. The van der Waals surface area contributed by atoms with Crippen LogP contribution < -0.4 is 0 Å². The first-order valence-corrected chi connectivity index (χ1v) is 8.80. The van der Waals surface area contributed by atoms with Gasteiger partial charge in [-0.1, -0.05) is 24.3 Å². The topological polar surface area (TPSA) is 60.9 Å². The van der Waals surface area contributed by atoms with E-state index >= 15 is 0 Å². The summed E-state index contributed by atoms with van der Waals surface area (Å²) >= 11 is 0. The Morgan fingerprint density at radius 3 is 2.32 bits per heavy atom. The van der Waals surface area contributed by atoms with Crippen LogP contribution >= 0.6 is 0 Å². The van der Waals surface area contributed by atoms with Gasteiger partial charge in [0.25, 0.3) is 0 Å². The average Bonchev–Trinajstić information content (AvgIpc) is 2.95. The maximum absolute atomic E-state index is 12.5. The maximum Gasteiger partial charge on any atom is 0.228 e. The van der Waals surface area contributed by atoms with Crippen LogP contribution in [0.25, 0.3) is 0 Å². The minimum Gasteiger partial charge on any atom is -0.345 e.